The summed E-state index contributed by atoms with van der Waals surface area (Å²) in [5, 5.41) is 9.51. The van der Waals surface area contributed by atoms with E-state index in [2.05, 4.69) is 57.0 Å². The van der Waals surface area contributed by atoms with Crippen LogP contribution in [0, 0.1) is 0 Å². The van der Waals surface area contributed by atoms with Crippen LogP contribution in [0.2, 0.25) is 0 Å². The summed E-state index contributed by atoms with van der Waals surface area (Å²) in [5.41, 5.74) is 2.52. The van der Waals surface area contributed by atoms with E-state index in [1.807, 2.05) is 13.8 Å². The first-order valence-electron chi connectivity index (χ1n) is 9.61. The van der Waals surface area contributed by atoms with Crippen LogP contribution in [-0.4, -0.2) is 44.6 Å². The zero-order valence-electron chi connectivity index (χ0n) is 16.9. The Kier molecular flexibility index (Phi) is 10.5. The second-order valence-corrected chi connectivity index (χ2v) is 7.13. The number of nitrogens with one attached hydrogen (secondary N) is 3. The Morgan fingerprint density at radius 2 is 1.89 bits per heavy atom. The number of aliphatic imine (C=N–C) groups is 1. The van der Waals surface area contributed by atoms with Crippen LogP contribution >= 0.6 is 24.0 Å². The lowest BCUT2D eigenvalue weighted by molar-refractivity contribution is -0.121. The molecule has 27 heavy (non-hydrogen) atoms. The molecule has 0 aromatic heterocycles. The van der Waals surface area contributed by atoms with Crippen molar-refractivity contribution < 1.29 is 4.79 Å². The van der Waals surface area contributed by atoms with Crippen LogP contribution < -0.4 is 20.9 Å². The van der Waals surface area contributed by atoms with Crippen LogP contribution in [0.1, 0.15) is 51.6 Å². The lowest BCUT2D eigenvalue weighted by Crippen LogP contribution is -2.41. The minimum atomic E-state index is 0. The first-order valence-corrected chi connectivity index (χ1v) is 9.61. The third-order valence-electron chi connectivity index (χ3n) is 4.51. The Hall–Kier alpha value is -1.51. The molecule has 3 N–H and O–H groups in total. The fourth-order valence-corrected chi connectivity index (χ4v) is 3.14. The average molecular weight is 487 g/mol. The Labute approximate surface area is 180 Å². The van der Waals surface area contributed by atoms with Gasteiger partial charge in [0.2, 0.25) is 5.91 Å². The number of carbonyl (C=O) groups is 1. The summed E-state index contributed by atoms with van der Waals surface area (Å²) in [5.74, 6) is 0.760. The standard InChI is InChI=1S/C20H33N5O.HI/c1-15(2)23-19(26)10-11-22-20(21-4)24-16(3)17-8-7-9-18(14-17)25-12-5-6-13-25;/h7-9,14-16H,5-6,10-13H2,1-4H3,(H,23,26)(H2,21,22,24);1H. The first kappa shape index (κ1) is 23.5. The van der Waals surface area contributed by atoms with Crippen molar-refractivity contribution >= 4 is 41.5 Å². The van der Waals surface area contributed by atoms with Crippen molar-refractivity contribution in [3.05, 3.63) is 29.8 Å². The summed E-state index contributed by atoms with van der Waals surface area (Å²) in [7, 11) is 1.75. The van der Waals surface area contributed by atoms with Crippen LogP contribution in [0.25, 0.3) is 0 Å². The summed E-state index contributed by atoms with van der Waals surface area (Å²) >= 11 is 0. The fourth-order valence-electron chi connectivity index (χ4n) is 3.14. The van der Waals surface area contributed by atoms with Crippen LogP contribution in [-0.2, 0) is 4.79 Å². The number of nitrogens with zero attached hydrogens (tertiary/aromatic N) is 2. The summed E-state index contributed by atoms with van der Waals surface area (Å²) < 4.78 is 0. The van der Waals surface area contributed by atoms with Crippen molar-refractivity contribution in [2.24, 2.45) is 4.99 Å². The zero-order valence-corrected chi connectivity index (χ0v) is 19.2. The minimum Gasteiger partial charge on any atom is -0.372 e. The van der Waals surface area contributed by atoms with E-state index in [1.54, 1.807) is 7.05 Å². The van der Waals surface area contributed by atoms with Gasteiger partial charge < -0.3 is 20.9 Å². The molecule has 1 aromatic rings. The lowest BCUT2D eigenvalue weighted by atomic mass is 10.1. The van der Waals surface area contributed by atoms with E-state index < -0.39 is 0 Å². The lowest BCUT2D eigenvalue weighted by Gasteiger charge is -2.22. The molecule has 1 atom stereocenters. The normalized spacial score (nSPS) is 15.3. The van der Waals surface area contributed by atoms with Crippen molar-refractivity contribution in [3.63, 3.8) is 0 Å². The van der Waals surface area contributed by atoms with E-state index in [1.165, 1.54) is 24.1 Å². The molecule has 0 spiro atoms. The smallest absolute Gasteiger partial charge is 0.221 e. The zero-order chi connectivity index (χ0) is 18.9. The number of hydrogen-bond acceptors (Lipinski definition) is 3. The molecule has 1 heterocycles. The highest BCUT2D eigenvalue weighted by molar-refractivity contribution is 14.0. The van der Waals surface area contributed by atoms with E-state index in [0.29, 0.717) is 18.9 Å². The maximum atomic E-state index is 11.7. The number of carbonyl (C=O) groups excluding carboxylic acids is 1. The topological polar surface area (TPSA) is 68.8 Å². The third-order valence-corrected chi connectivity index (χ3v) is 4.51. The van der Waals surface area contributed by atoms with Gasteiger partial charge in [0.05, 0.1) is 6.04 Å². The van der Waals surface area contributed by atoms with Crippen LogP contribution in [0.15, 0.2) is 29.3 Å². The van der Waals surface area contributed by atoms with Gasteiger partial charge in [-0.1, -0.05) is 12.1 Å². The number of guanidine groups is 1. The number of rotatable bonds is 7. The van der Waals surface area contributed by atoms with E-state index in [-0.39, 0.29) is 42.0 Å². The van der Waals surface area contributed by atoms with Gasteiger partial charge in [0.15, 0.2) is 5.96 Å². The molecule has 0 bridgehead atoms. The predicted octanol–water partition coefficient (Wildman–Crippen LogP) is 3.05. The van der Waals surface area contributed by atoms with Crippen molar-refractivity contribution in [2.75, 3.05) is 31.6 Å². The number of anilines is 1. The summed E-state index contributed by atoms with van der Waals surface area (Å²) in [6.07, 6.45) is 2.98. The molecule has 1 unspecified atom stereocenters. The van der Waals surface area contributed by atoms with Crippen LogP contribution in [0.4, 0.5) is 5.69 Å². The van der Waals surface area contributed by atoms with Gasteiger partial charge in [0.25, 0.3) is 0 Å². The van der Waals surface area contributed by atoms with E-state index in [9.17, 15) is 4.79 Å². The quantitative estimate of drug-likeness (QED) is 0.314. The van der Waals surface area contributed by atoms with E-state index in [4.69, 9.17) is 0 Å². The maximum Gasteiger partial charge on any atom is 0.221 e. The van der Waals surface area contributed by atoms with Gasteiger partial charge in [-0.05, 0) is 51.3 Å². The first-order chi connectivity index (χ1) is 12.5. The number of halogens is 1. The van der Waals surface area contributed by atoms with Gasteiger partial charge in [0.1, 0.15) is 0 Å². The van der Waals surface area contributed by atoms with Crippen molar-refractivity contribution in [1.29, 1.82) is 0 Å². The Morgan fingerprint density at radius 1 is 1.19 bits per heavy atom. The van der Waals surface area contributed by atoms with Gasteiger partial charge in [-0.15, -0.1) is 24.0 Å². The molecule has 1 aliphatic rings. The van der Waals surface area contributed by atoms with Gasteiger partial charge in [0, 0.05) is 44.8 Å². The monoisotopic (exact) mass is 487 g/mol. The molecule has 152 valence electrons. The highest BCUT2D eigenvalue weighted by Gasteiger charge is 2.14. The molecular weight excluding hydrogens is 453 g/mol. The Balaban J connectivity index is 0.00000364. The van der Waals surface area contributed by atoms with E-state index in [0.717, 1.165) is 13.1 Å². The number of amides is 1. The molecule has 0 saturated carbocycles. The Morgan fingerprint density at radius 3 is 2.52 bits per heavy atom. The highest BCUT2D eigenvalue weighted by atomic mass is 127. The highest BCUT2D eigenvalue weighted by Crippen LogP contribution is 2.23. The predicted molar refractivity (Wildman–Crippen MR) is 124 cm³/mol. The minimum absolute atomic E-state index is 0. The van der Waals surface area contributed by atoms with Gasteiger partial charge in [-0.3, -0.25) is 9.79 Å². The van der Waals surface area contributed by atoms with Gasteiger partial charge in [-0.25, -0.2) is 0 Å². The third kappa shape index (κ3) is 7.94. The van der Waals surface area contributed by atoms with Crippen LogP contribution in [0.5, 0.6) is 0 Å². The summed E-state index contributed by atoms with van der Waals surface area (Å²) in [4.78, 5) is 18.4. The molecular formula is C20H34IN5O. The fraction of sp³-hybridized carbons (Fsp3) is 0.600. The number of benzene rings is 1. The molecule has 0 aliphatic carbocycles. The Bertz CT molecular complexity index is 614. The molecule has 2 rings (SSSR count). The molecule has 1 saturated heterocycles. The summed E-state index contributed by atoms with van der Waals surface area (Å²) in [6, 6.07) is 9.00. The van der Waals surface area contributed by atoms with Gasteiger partial charge >= 0.3 is 0 Å². The van der Waals surface area contributed by atoms with Crippen LogP contribution in [0.3, 0.4) is 0 Å². The SMILES string of the molecule is CN=C(NCCC(=O)NC(C)C)NC(C)c1cccc(N2CCCC2)c1.I. The van der Waals surface area contributed by atoms with E-state index >= 15 is 0 Å². The molecule has 1 aromatic carbocycles. The molecule has 1 fully saturated rings. The largest absolute Gasteiger partial charge is 0.372 e. The van der Waals surface area contributed by atoms with Crippen molar-refractivity contribution in [1.82, 2.24) is 16.0 Å². The molecule has 7 heteroatoms. The second-order valence-electron chi connectivity index (χ2n) is 7.13. The number of hydrogen-bond donors (Lipinski definition) is 3. The second kappa shape index (κ2) is 12.0. The molecule has 1 amide bonds. The molecule has 1 aliphatic heterocycles. The molecule has 6 nitrogen and oxygen atoms in total. The van der Waals surface area contributed by atoms with Crippen molar-refractivity contribution in [3.8, 4) is 0 Å². The van der Waals surface area contributed by atoms with Gasteiger partial charge in [-0.2, -0.15) is 0 Å². The molecule has 0 radical (unpaired) electrons. The average Bonchev–Trinajstić information content (AvgIpc) is 3.15. The maximum absolute atomic E-state index is 11.7. The summed E-state index contributed by atoms with van der Waals surface area (Å²) in [6.45, 7) is 8.90. The van der Waals surface area contributed by atoms with Crippen molar-refractivity contribution in [2.45, 2.75) is 52.1 Å².